The topological polar surface area (TPSA) is 46.6 Å². The first kappa shape index (κ1) is 17.9. The Morgan fingerprint density at radius 3 is 2.30 bits per heavy atom. The number of amides is 1. The van der Waals surface area contributed by atoms with E-state index < -0.39 is 12.1 Å². The number of fused-ring (bicyclic) bond motifs is 3. The Hall–Kier alpha value is -2.53. The van der Waals surface area contributed by atoms with Gasteiger partial charge < -0.3 is 4.74 Å². The van der Waals surface area contributed by atoms with Gasteiger partial charge in [-0.1, -0.05) is 55.1 Å². The first-order valence-electron chi connectivity index (χ1n) is 8.97. The number of carbonyl (C=O) groups is 2. The molecule has 5 heteroatoms. The number of Topliss-reactive ketones (excluding diaryl/α,β-unsaturated/α-hetero) is 1. The second kappa shape index (κ2) is 7.24. The summed E-state index contributed by atoms with van der Waals surface area (Å²) < 4.78 is 5.68. The van der Waals surface area contributed by atoms with Crippen molar-refractivity contribution >= 4 is 23.6 Å². The Morgan fingerprint density at radius 1 is 1.11 bits per heavy atom. The summed E-state index contributed by atoms with van der Waals surface area (Å²) in [6.45, 7) is 5.66. The van der Waals surface area contributed by atoms with Crippen molar-refractivity contribution in [3.8, 4) is 11.1 Å². The molecule has 2 aliphatic rings. The van der Waals surface area contributed by atoms with Crippen LogP contribution in [0, 0.1) is 0 Å². The van der Waals surface area contributed by atoms with Gasteiger partial charge >= 0.3 is 6.09 Å². The van der Waals surface area contributed by atoms with Crippen molar-refractivity contribution in [3.05, 3.63) is 71.8 Å². The van der Waals surface area contributed by atoms with Crippen LogP contribution in [0.15, 0.2) is 60.7 Å². The van der Waals surface area contributed by atoms with Gasteiger partial charge in [-0.2, -0.15) is 0 Å². The highest BCUT2D eigenvalue weighted by Crippen LogP contribution is 2.44. The molecular weight excluding hydrogens is 358 g/mol. The molecule has 2 aromatic carbocycles. The number of hydrogen-bond acceptors (Lipinski definition) is 4. The maximum Gasteiger partial charge on any atom is 0.411 e. The van der Waals surface area contributed by atoms with E-state index in [0.29, 0.717) is 17.2 Å². The minimum absolute atomic E-state index is 0.0203. The minimum Gasteiger partial charge on any atom is -0.448 e. The van der Waals surface area contributed by atoms with Crippen LogP contribution >= 0.6 is 11.8 Å². The lowest BCUT2D eigenvalue weighted by atomic mass is 9.98. The van der Waals surface area contributed by atoms with Crippen LogP contribution < -0.4 is 0 Å². The molecule has 1 aliphatic carbocycles. The molecule has 138 valence electrons. The Morgan fingerprint density at radius 2 is 1.70 bits per heavy atom. The van der Waals surface area contributed by atoms with Crippen molar-refractivity contribution in [2.24, 2.45) is 0 Å². The largest absolute Gasteiger partial charge is 0.448 e. The Bertz CT molecular complexity index is 878. The molecule has 1 fully saturated rings. The average molecular weight is 379 g/mol. The summed E-state index contributed by atoms with van der Waals surface area (Å²) in [6.07, 6.45) is -0.429. The minimum atomic E-state index is -0.469. The van der Waals surface area contributed by atoms with E-state index in [2.05, 4.69) is 30.8 Å². The van der Waals surface area contributed by atoms with Gasteiger partial charge in [0.15, 0.2) is 5.78 Å². The monoisotopic (exact) mass is 379 g/mol. The van der Waals surface area contributed by atoms with Crippen LogP contribution in [0.25, 0.3) is 11.1 Å². The summed E-state index contributed by atoms with van der Waals surface area (Å²) in [5, 5.41) is 0. The van der Waals surface area contributed by atoms with E-state index in [4.69, 9.17) is 4.74 Å². The summed E-state index contributed by atoms with van der Waals surface area (Å²) in [7, 11) is 0. The van der Waals surface area contributed by atoms with Crippen LogP contribution in [0.5, 0.6) is 0 Å². The van der Waals surface area contributed by atoms with E-state index in [0.717, 1.165) is 0 Å². The van der Waals surface area contributed by atoms with Gasteiger partial charge in [-0.3, -0.25) is 9.69 Å². The highest BCUT2D eigenvalue weighted by Gasteiger charge is 2.36. The molecule has 0 saturated carbocycles. The fourth-order valence-electron chi connectivity index (χ4n) is 3.80. The number of carbonyl (C=O) groups excluding carboxylic acids is 2. The van der Waals surface area contributed by atoms with Gasteiger partial charge in [0.25, 0.3) is 0 Å². The smallest absolute Gasteiger partial charge is 0.411 e. The number of hydrogen-bond donors (Lipinski definition) is 0. The maximum atomic E-state index is 12.7. The number of benzene rings is 2. The van der Waals surface area contributed by atoms with Gasteiger partial charge in [0, 0.05) is 11.7 Å². The number of nitrogens with zero attached hydrogens (tertiary/aromatic N) is 1. The summed E-state index contributed by atoms with van der Waals surface area (Å²) in [4.78, 5) is 26.5. The van der Waals surface area contributed by atoms with Gasteiger partial charge in [-0.05, 0) is 34.8 Å². The van der Waals surface area contributed by atoms with Crippen LogP contribution in [0.3, 0.4) is 0 Å². The molecular formula is C22H21NO3S. The molecule has 1 amide bonds. The summed E-state index contributed by atoms with van der Waals surface area (Å²) in [5.41, 5.74) is 5.22. The van der Waals surface area contributed by atoms with E-state index in [9.17, 15) is 9.59 Å². The van der Waals surface area contributed by atoms with Crippen molar-refractivity contribution in [2.45, 2.75) is 18.9 Å². The second-order valence-corrected chi connectivity index (χ2v) is 7.93. The third-order valence-electron chi connectivity index (χ3n) is 5.18. The number of rotatable bonds is 4. The lowest BCUT2D eigenvalue weighted by Gasteiger charge is -2.23. The zero-order valence-corrected chi connectivity index (χ0v) is 16.0. The number of ether oxygens (including phenoxy) is 1. The standard InChI is InChI=1S/C22H21NO3S/c1-14(2)21(24)20-12-27-13-23(20)22(25)26-11-19-17-9-5-3-7-15(17)16-8-4-6-10-18(16)19/h3-10,19-20H,1,11-13H2,2H3/t20-/m0/s1. The van der Waals surface area contributed by atoms with Gasteiger partial charge in [0.1, 0.15) is 12.6 Å². The first-order chi connectivity index (χ1) is 13.1. The van der Waals surface area contributed by atoms with Crippen LogP contribution in [0.1, 0.15) is 24.0 Å². The number of ketones is 1. The van der Waals surface area contributed by atoms with Crippen LogP contribution in [-0.2, 0) is 9.53 Å². The Labute approximate surface area is 163 Å². The molecule has 4 nitrogen and oxygen atoms in total. The fourth-order valence-corrected chi connectivity index (χ4v) is 4.94. The highest BCUT2D eigenvalue weighted by molar-refractivity contribution is 7.99. The summed E-state index contributed by atoms with van der Waals surface area (Å²) >= 11 is 1.56. The highest BCUT2D eigenvalue weighted by atomic mass is 32.2. The molecule has 0 bridgehead atoms. The molecule has 1 saturated heterocycles. The lowest BCUT2D eigenvalue weighted by Crippen LogP contribution is -2.42. The first-order valence-corrected chi connectivity index (χ1v) is 10.1. The molecule has 1 heterocycles. The molecule has 1 aliphatic heterocycles. The molecule has 0 N–H and O–H groups in total. The van der Waals surface area contributed by atoms with Gasteiger partial charge in [0.05, 0.1) is 5.88 Å². The maximum absolute atomic E-state index is 12.7. The number of thioether (sulfide) groups is 1. The van der Waals surface area contributed by atoms with Crippen molar-refractivity contribution in [2.75, 3.05) is 18.2 Å². The molecule has 4 rings (SSSR count). The Balaban J connectivity index is 1.51. The van der Waals surface area contributed by atoms with Crippen molar-refractivity contribution in [1.82, 2.24) is 4.90 Å². The van der Waals surface area contributed by atoms with Crippen molar-refractivity contribution in [1.29, 1.82) is 0 Å². The average Bonchev–Trinajstić information content (AvgIpc) is 3.29. The van der Waals surface area contributed by atoms with Crippen molar-refractivity contribution < 1.29 is 14.3 Å². The van der Waals surface area contributed by atoms with Gasteiger partial charge in [0.2, 0.25) is 0 Å². The molecule has 0 unspecified atom stereocenters. The van der Waals surface area contributed by atoms with Crippen LogP contribution in [0.4, 0.5) is 4.79 Å². The fraction of sp³-hybridized carbons (Fsp3) is 0.273. The van der Waals surface area contributed by atoms with E-state index in [1.807, 2.05) is 24.3 Å². The third kappa shape index (κ3) is 3.16. The third-order valence-corrected chi connectivity index (χ3v) is 6.19. The Kier molecular flexibility index (Phi) is 4.79. The molecule has 27 heavy (non-hydrogen) atoms. The summed E-state index contributed by atoms with van der Waals surface area (Å²) in [5.74, 6) is 0.997. The molecule has 1 atom stereocenters. The van der Waals surface area contributed by atoms with Crippen LogP contribution in [-0.4, -0.2) is 41.1 Å². The van der Waals surface area contributed by atoms with Gasteiger partial charge in [-0.25, -0.2) is 4.79 Å². The van der Waals surface area contributed by atoms with E-state index in [1.54, 1.807) is 18.7 Å². The predicted molar refractivity (Wildman–Crippen MR) is 108 cm³/mol. The van der Waals surface area contributed by atoms with Crippen molar-refractivity contribution in [3.63, 3.8) is 0 Å². The molecule has 0 radical (unpaired) electrons. The van der Waals surface area contributed by atoms with Gasteiger partial charge in [-0.15, -0.1) is 11.8 Å². The zero-order valence-electron chi connectivity index (χ0n) is 15.2. The zero-order chi connectivity index (χ0) is 19.0. The van der Waals surface area contributed by atoms with E-state index in [1.165, 1.54) is 27.2 Å². The quantitative estimate of drug-likeness (QED) is 0.736. The normalized spacial score (nSPS) is 18.1. The van der Waals surface area contributed by atoms with Crippen LogP contribution in [0.2, 0.25) is 0 Å². The van der Waals surface area contributed by atoms with E-state index >= 15 is 0 Å². The van der Waals surface area contributed by atoms with E-state index in [-0.39, 0.29) is 18.3 Å². The molecule has 0 aromatic heterocycles. The summed E-state index contributed by atoms with van der Waals surface area (Å²) in [6, 6.07) is 16.0. The predicted octanol–water partition coefficient (Wildman–Crippen LogP) is 4.46. The second-order valence-electron chi connectivity index (χ2n) is 6.93. The molecule has 2 aromatic rings. The SMILES string of the molecule is C=C(C)C(=O)[C@@H]1CSCN1C(=O)OCC1c2ccccc2-c2ccccc21. The lowest BCUT2D eigenvalue weighted by molar-refractivity contribution is -0.118. The molecule has 0 spiro atoms.